The molecule has 0 spiro atoms. The summed E-state index contributed by atoms with van der Waals surface area (Å²) in [6.07, 6.45) is 10.5. The molecule has 160 valence electrons. The number of aromatic amines is 1. The molecule has 0 aliphatic carbocycles. The Morgan fingerprint density at radius 1 is 1.13 bits per heavy atom. The van der Waals surface area contributed by atoms with Crippen LogP contribution in [0.1, 0.15) is 42.7 Å². The standard InChI is InChI=1S/C26H28FN3O/c27-21-9-10-24-22(17-21)23(18-28-24)19-11-15-29(16-12-19)13-4-8-26(31)30-14-3-6-20-5-1-2-7-25(20)30/h1-3,5,7,9-10,14,17-19,28H,4,6,8,11-13,15-16H2. The number of hydrogen-bond acceptors (Lipinski definition) is 2. The molecule has 31 heavy (non-hydrogen) atoms. The maximum Gasteiger partial charge on any atom is 0.231 e. The molecular weight excluding hydrogens is 389 g/mol. The molecule has 3 heterocycles. The van der Waals surface area contributed by atoms with Gasteiger partial charge in [-0.3, -0.25) is 9.69 Å². The van der Waals surface area contributed by atoms with Crippen molar-refractivity contribution in [3.8, 4) is 0 Å². The first-order chi connectivity index (χ1) is 15.2. The van der Waals surface area contributed by atoms with Gasteiger partial charge in [0.05, 0.1) is 5.69 Å². The fourth-order valence-corrected chi connectivity index (χ4v) is 5.00. The van der Waals surface area contributed by atoms with Crippen LogP contribution in [0.15, 0.2) is 60.9 Å². The molecule has 2 aliphatic heterocycles. The van der Waals surface area contributed by atoms with Crippen LogP contribution in [0.4, 0.5) is 10.1 Å². The Hall–Kier alpha value is -2.92. The van der Waals surface area contributed by atoms with Crippen molar-refractivity contribution >= 4 is 22.5 Å². The second-order valence-electron chi connectivity index (χ2n) is 8.63. The van der Waals surface area contributed by atoms with Gasteiger partial charge in [0.25, 0.3) is 0 Å². The zero-order valence-electron chi connectivity index (χ0n) is 17.7. The van der Waals surface area contributed by atoms with E-state index in [0.717, 1.165) is 61.9 Å². The molecule has 1 fully saturated rings. The molecule has 5 rings (SSSR count). The molecule has 0 saturated carbocycles. The third-order valence-corrected chi connectivity index (χ3v) is 6.68. The van der Waals surface area contributed by atoms with Crippen molar-refractivity contribution < 1.29 is 9.18 Å². The number of halogens is 1. The molecule has 3 aromatic rings. The van der Waals surface area contributed by atoms with Crippen LogP contribution < -0.4 is 4.90 Å². The Bertz CT molecular complexity index is 1110. The zero-order valence-corrected chi connectivity index (χ0v) is 17.7. The number of piperidine rings is 1. The molecule has 2 aromatic carbocycles. The molecule has 5 heteroatoms. The zero-order chi connectivity index (χ0) is 21.2. The lowest BCUT2D eigenvalue weighted by Crippen LogP contribution is -2.34. The Kier molecular flexibility index (Phi) is 5.60. The second kappa shape index (κ2) is 8.67. The third kappa shape index (κ3) is 4.15. The van der Waals surface area contributed by atoms with Crippen LogP contribution in [0.25, 0.3) is 10.9 Å². The molecule has 4 nitrogen and oxygen atoms in total. The molecule has 1 aromatic heterocycles. The highest BCUT2D eigenvalue weighted by Gasteiger charge is 2.24. The number of anilines is 1. The van der Waals surface area contributed by atoms with Gasteiger partial charge in [-0.1, -0.05) is 24.3 Å². The van der Waals surface area contributed by atoms with E-state index in [1.54, 1.807) is 11.0 Å². The van der Waals surface area contributed by atoms with Crippen LogP contribution in [0.3, 0.4) is 0 Å². The number of H-pyrrole nitrogens is 1. The van der Waals surface area contributed by atoms with Crippen molar-refractivity contribution in [1.29, 1.82) is 0 Å². The van der Waals surface area contributed by atoms with E-state index in [-0.39, 0.29) is 11.7 Å². The summed E-state index contributed by atoms with van der Waals surface area (Å²) in [5, 5.41) is 1.01. The number of para-hydroxylation sites is 1. The summed E-state index contributed by atoms with van der Waals surface area (Å²) in [5.41, 5.74) is 4.47. The van der Waals surface area contributed by atoms with Gasteiger partial charge in [0, 0.05) is 29.7 Å². The lowest BCUT2D eigenvalue weighted by atomic mass is 9.89. The lowest BCUT2D eigenvalue weighted by molar-refractivity contribution is -0.118. The molecule has 1 amide bonds. The molecule has 0 unspecified atom stereocenters. The molecular formula is C26H28FN3O. The van der Waals surface area contributed by atoms with Gasteiger partial charge < -0.3 is 9.88 Å². The average molecular weight is 418 g/mol. The smallest absolute Gasteiger partial charge is 0.231 e. The van der Waals surface area contributed by atoms with E-state index in [2.05, 4.69) is 22.0 Å². The van der Waals surface area contributed by atoms with Crippen molar-refractivity contribution in [1.82, 2.24) is 9.88 Å². The number of carbonyl (C=O) groups excluding carboxylic acids is 1. The first-order valence-electron chi connectivity index (χ1n) is 11.2. The van der Waals surface area contributed by atoms with E-state index < -0.39 is 0 Å². The van der Waals surface area contributed by atoms with Crippen molar-refractivity contribution in [3.05, 3.63) is 77.9 Å². The van der Waals surface area contributed by atoms with Crippen LogP contribution in [-0.2, 0) is 11.2 Å². The maximum absolute atomic E-state index is 13.7. The maximum atomic E-state index is 13.7. The predicted octanol–water partition coefficient (Wildman–Crippen LogP) is 5.37. The highest BCUT2D eigenvalue weighted by molar-refractivity contribution is 5.96. The molecule has 1 saturated heterocycles. The highest BCUT2D eigenvalue weighted by Crippen LogP contribution is 2.33. The number of carbonyl (C=O) groups is 1. The monoisotopic (exact) mass is 417 g/mol. The number of nitrogens with zero attached hydrogens (tertiary/aromatic N) is 2. The van der Waals surface area contributed by atoms with Crippen molar-refractivity contribution in [2.45, 2.75) is 38.0 Å². The summed E-state index contributed by atoms with van der Waals surface area (Å²) in [6.45, 7) is 2.99. The van der Waals surface area contributed by atoms with E-state index in [4.69, 9.17) is 0 Å². The van der Waals surface area contributed by atoms with Crippen LogP contribution >= 0.6 is 0 Å². The number of benzene rings is 2. The van der Waals surface area contributed by atoms with Crippen molar-refractivity contribution in [3.63, 3.8) is 0 Å². The Labute approximate surface area is 182 Å². The first-order valence-corrected chi connectivity index (χ1v) is 11.2. The number of amides is 1. The Morgan fingerprint density at radius 3 is 2.84 bits per heavy atom. The van der Waals surface area contributed by atoms with Gasteiger partial charge >= 0.3 is 0 Å². The summed E-state index contributed by atoms with van der Waals surface area (Å²) < 4.78 is 13.7. The van der Waals surface area contributed by atoms with E-state index in [9.17, 15) is 9.18 Å². The Morgan fingerprint density at radius 2 is 1.97 bits per heavy atom. The van der Waals surface area contributed by atoms with Gasteiger partial charge in [0.1, 0.15) is 5.82 Å². The van der Waals surface area contributed by atoms with E-state index in [1.807, 2.05) is 36.7 Å². The van der Waals surface area contributed by atoms with Crippen LogP contribution in [0.2, 0.25) is 0 Å². The van der Waals surface area contributed by atoms with Crippen LogP contribution in [-0.4, -0.2) is 35.4 Å². The molecule has 1 N–H and O–H groups in total. The largest absolute Gasteiger partial charge is 0.361 e. The minimum atomic E-state index is -0.179. The molecule has 0 radical (unpaired) electrons. The van der Waals surface area contributed by atoms with Gasteiger partial charge in [-0.25, -0.2) is 4.39 Å². The summed E-state index contributed by atoms with van der Waals surface area (Å²) in [5.74, 6) is 0.448. The van der Waals surface area contributed by atoms with E-state index >= 15 is 0 Å². The molecule has 2 aliphatic rings. The third-order valence-electron chi connectivity index (χ3n) is 6.68. The van der Waals surface area contributed by atoms with Crippen molar-refractivity contribution in [2.75, 3.05) is 24.5 Å². The van der Waals surface area contributed by atoms with Gasteiger partial charge in [0.15, 0.2) is 0 Å². The van der Waals surface area contributed by atoms with E-state index in [0.29, 0.717) is 12.3 Å². The van der Waals surface area contributed by atoms with Gasteiger partial charge in [-0.15, -0.1) is 0 Å². The Balaban J connectivity index is 1.12. The number of likely N-dealkylation sites (tertiary alicyclic amines) is 1. The summed E-state index contributed by atoms with van der Waals surface area (Å²) >= 11 is 0. The SMILES string of the molecule is O=C(CCCN1CCC(c2c[nH]c3ccc(F)cc23)CC1)N1C=CCc2ccccc21. The van der Waals surface area contributed by atoms with Crippen LogP contribution in [0, 0.1) is 5.82 Å². The summed E-state index contributed by atoms with van der Waals surface area (Å²) in [7, 11) is 0. The topological polar surface area (TPSA) is 39.3 Å². The van der Waals surface area contributed by atoms with Crippen molar-refractivity contribution in [2.24, 2.45) is 0 Å². The molecule has 0 atom stereocenters. The van der Waals surface area contributed by atoms with Crippen LogP contribution in [0.5, 0.6) is 0 Å². The number of aromatic nitrogens is 1. The normalized spacial score (nSPS) is 17.3. The summed E-state index contributed by atoms with van der Waals surface area (Å²) in [6, 6.07) is 13.1. The van der Waals surface area contributed by atoms with Gasteiger partial charge in [-0.2, -0.15) is 0 Å². The number of hydrogen-bond donors (Lipinski definition) is 1. The minimum Gasteiger partial charge on any atom is -0.361 e. The number of rotatable bonds is 5. The lowest BCUT2D eigenvalue weighted by Gasteiger charge is -2.32. The van der Waals surface area contributed by atoms with Gasteiger partial charge in [0.2, 0.25) is 5.91 Å². The number of allylic oxidation sites excluding steroid dienone is 1. The number of fused-ring (bicyclic) bond motifs is 2. The second-order valence-corrected chi connectivity index (χ2v) is 8.63. The fraction of sp³-hybridized carbons (Fsp3) is 0.346. The highest BCUT2D eigenvalue weighted by atomic mass is 19.1. The molecule has 0 bridgehead atoms. The average Bonchev–Trinajstić information content (AvgIpc) is 3.22. The van der Waals surface area contributed by atoms with Gasteiger partial charge in [-0.05, 0) is 86.6 Å². The van der Waals surface area contributed by atoms with E-state index in [1.165, 1.54) is 17.2 Å². The fourth-order valence-electron chi connectivity index (χ4n) is 5.00. The first kappa shape index (κ1) is 20.0. The predicted molar refractivity (Wildman–Crippen MR) is 123 cm³/mol. The summed E-state index contributed by atoms with van der Waals surface area (Å²) in [4.78, 5) is 20.3. The number of nitrogens with one attached hydrogen (secondary N) is 1. The quantitative estimate of drug-likeness (QED) is 0.606. The minimum absolute atomic E-state index is 0.166.